The fourth-order valence-corrected chi connectivity index (χ4v) is 3.03. The number of nitrogens with two attached hydrogens (primary N) is 1. The number of aromatic nitrogens is 2. The van der Waals surface area contributed by atoms with Crippen LogP contribution in [0.15, 0.2) is 6.07 Å². The van der Waals surface area contributed by atoms with Crippen molar-refractivity contribution in [2.75, 3.05) is 18.5 Å². The number of aryl methyl sites for hydroxylation is 1. The third kappa shape index (κ3) is 3.20. The zero-order valence-electron chi connectivity index (χ0n) is 12.8. The van der Waals surface area contributed by atoms with Crippen LogP contribution < -0.4 is 15.8 Å². The second-order valence-electron chi connectivity index (χ2n) is 5.70. The Balaban J connectivity index is 2.22. The van der Waals surface area contributed by atoms with Crippen LogP contribution in [0.3, 0.4) is 0 Å². The quantitative estimate of drug-likeness (QED) is 0.865. The first kappa shape index (κ1) is 15.0. The molecule has 1 heterocycles. The van der Waals surface area contributed by atoms with Gasteiger partial charge in [0, 0.05) is 12.6 Å². The van der Waals surface area contributed by atoms with Crippen molar-refractivity contribution >= 4 is 5.82 Å². The summed E-state index contributed by atoms with van der Waals surface area (Å²) in [7, 11) is 0. The van der Waals surface area contributed by atoms with Gasteiger partial charge < -0.3 is 15.8 Å². The maximum atomic E-state index is 6.07. The van der Waals surface area contributed by atoms with Gasteiger partial charge in [0.1, 0.15) is 11.6 Å². The van der Waals surface area contributed by atoms with Gasteiger partial charge in [-0.3, -0.25) is 0 Å². The Labute approximate surface area is 121 Å². The van der Waals surface area contributed by atoms with Gasteiger partial charge in [-0.25, -0.2) is 4.98 Å². The van der Waals surface area contributed by atoms with Gasteiger partial charge in [-0.15, -0.1) is 0 Å². The lowest BCUT2D eigenvalue weighted by atomic mass is 9.73. The van der Waals surface area contributed by atoms with Crippen molar-refractivity contribution in [1.82, 2.24) is 9.97 Å². The summed E-state index contributed by atoms with van der Waals surface area (Å²) in [6.45, 7) is 7.34. The lowest BCUT2D eigenvalue weighted by molar-refractivity contribution is 0.235. The molecule has 0 aliphatic heterocycles. The van der Waals surface area contributed by atoms with Crippen LogP contribution in [0, 0.1) is 12.8 Å². The normalized spacial score (nSPS) is 26.3. The maximum Gasteiger partial charge on any atom is 0.218 e. The Morgan fingerprint density at radius 3 is 2.90 bits per heavy atom. The van der Waals surface area contributed by atoms with Crippen LogP contribution in [0.25, 0.3) is 0 Å². The molecule has 1 aromatic heterocycles. The van der Waals surface area contributed by atoms with E-state index in [1.165, 1.54) is 19.3 Å². The summed E-state index contributed by atoms with van der Waals surface area (Å²) in [4.78, 5) is 8.76. The monoisotopic (exact) mass is 278 g/mol. The lowest BCUT2D eigenvalue weighted by Crippen LogP contribution is -2.52. The molecule has 0 amide bonds. The molecule has 5 heteroatoms. The molecule has 0 radical (unpaired) electrons. The molecule has 0 spiro atoms. The van der Waals surface area contributed by atoms with Gasteiger partial charge in [-0.2, -0.15) is 4.98 Å². The van der Waals surface area contributed by atoms with E-state index in [0.29, 0.717) is 30.8 Å². The highest BCUT2D eigenvalue weighted by Crippen LogP contribution is 2.35. The summed E-state index contributed by atoms with van der Waals surface area (Å²) < 4.78 is 5.49. The smallest absolute Gasteiger partial charge is 0.218 e. The minimum atomic E-state index is -0.0530. The molecule has 1 saturated carbocycles. The molecule has 2 rings (SSSR count). The summed E-state index contributed by atoms with van der Waals surface area (Å²) in [5.41, 5.74) is 6.02. The molecule has 1 aromatic rings. The second kappa shape index (κ2) is 6.39. The average Bonchev–Trinajstić information content (AvgIpc) is 2.41. The Morgan fingerprint density at radius 2 is 2.25 bits per heavy atom. The molecule has 2 unspecified atom stereocenters. The van der Waals surface area contributed by atoms with E-state index in [1.807, 2.05) is 19.9 Å². The SMILES string of the molecule is CCOc1cc(NC2(CN)CCCCC2C)nc(C)n1. The van der Waals surface area contributed by atoms with Gasteiger partial charge in [-0.05, 0) is 32.6 Å². The van der Waals surface area contributed by atoms with Gasteiger partial charge in [-0.1, -0.05) is 19.8 Å². The molecule has 2 atom stereocenters. The van der Waals surface area contributed by atoms with Crippen LogP contribution in [0.1, 0.15) is 45.4 Å². The molecule has 0 saturated heterocycles. The topological polar surface area (TPSA) is 73.1 Å². The van der Waals surface area contributed by atoms with Crippen LogP contribution in [-0.2, 0) is 0 Å². The molecule has 0 bridgehead atoms. The molecule has 20 heavy (non-hydrogen) atoms. The molecular formula is C15H26N4O. The summed E-state index contributed by atoms with van der Waals surface area (Å²) in [5, 5.41) is 3.58. The van der Waals surface area contributed by atoms with Crippen LogP contribution in [-0.4, -0.2) is 28.7 Å². The first-order valence-corrected chi connectivity index (χ1v) is 7.56. The second-order valence-corrected chi connectivity index (χ2v) is 5.70. The van der Waals surface area contributed by atoms with Crippen molar-refractivity contribution in [3.05, 3.63) is 11.9 Å². The maximum absolute atomic E-state index is 6.07. The van der Waals surface area contributed by atoms with E-state index in [-0.39, 0.29) is 5.54 Å². The number of ether oxygens (including phenoxy) is 1. The van der Waals surface area contributed by atoms with Gasteiger partial charge in [0.05, 0.1) is 12.1 Å². The zero-order chi connectivity index (χ0) is 14.6. The summed E-state index contributed by atoms with van der Waals surface area (Å²) in [5.74, 6) is 2.71. The van der Waals surface area contributed by atoms with Crippen molar-refractivity contribution < 1.29 is 4.74 Å². The third-order valence-corrected chi connectivity index (χ3v) is 4.30. The number of nitrogens with one attached hydrogen (secondary N) is 1. The summed E-state index contributed by atoms with van der Waals surface area (Å²) in [6, 6.07) is 1.87. The van der Waals surface area contributed by atoms with E-state index >= 15 is 0 Å². The fourth-order valence-electron chi connectivity index (χ4n) is 3.03. The first-order chi connectivity index (χ1) is 9.59. The van der Waals surface area contributed by atoms with Gasteiger partial charge in [0.25, 0.3) is 0 Å². The largest absolute Gasteiger partial charge is 0.478 e. The summed E-state index contributed by atoms with van der Waals surface area (Å²) in [6.07, 6.45) is 4.82. The zero-order valence-corrected chi connectivity index (χ0v) is 12.8. The summed E-state index contributed by atoms with van der Waals surface area (Å²) >= 11 is 0. The Hall–Kier alpha value is -1.36. The molecule has 0 aromatic carbocycles. The molecule has 3 N–H and O–H groups in total. The predicted molar refractivity (Wildman–Crippen MR) is 81.0 cm³/mol. The number of anilines is 1. The van der Waals surface area contributed by atoms with E-state index in [9.17, 15) is 0 Å². The highest BCUT2D eigenvalue weighted by molar-refractivity contribution is 5.42. The van der Waals surface area contributed by atoms with E-state index in [2.05, 4.69) is 22.2 Å². The number of nitrogens with zero attached hydrogens (tertiary/aromatic N) is 2. The van der Waals surface area contributed by atoms with Crippen LogP contribution in [0.2, 0.25) is 0 Å². The van der Waals surface area contributed by atoms with Gasteiger partial charge in [0.2, 0.25) is 5.88 Å². The van der Waals surface area contributed by atoms with Crippen LogP contribution in [0.4, 0.5) is 5.82 Å². The van der Waals surface area contributed by atoms with Gasteiger partial charge >= 0.3 is 0 Å². The van der Waals surface area contributed by atoms with E-state index in [1.54, 1.807) is 0 Å². The molecule has 5 nitrogen and oxygen atoms in total. The Kier molecular flexibility index (Phi) is 4.81. The fraction of sp³-hybridized carbons (Fsp3) is 0.733. The predicted octanol–water partition coefficient (Wildman–Crippen LogP) is 2.50. The average molecular weight is 278 g/mol. The first-order valence-electron chi connectivity index (χ1n) is 7.56. The molecular weight excluding hydrogens is 252 g/mol. The highest BCUT2D eigenvalue weighted by atomic mass is 16.5. The van der Waals surface area contributed by atoms with Crippen molar-refractivity contribution in [2.24, 2.45) is 11.7 Å². The minimum absolute atomic E-state index is 0.0530. The lowest BCUT2D eigenvalue weighted by Gasteiger charge is -2.43. The van der Waals surface area contributed by atoms with Crippen molar-refractivity contribution in [2.45, 2.75) is 52.0 Å². The number of hydrogen-bond donors (Lipinski definition) is 2. The number of rotatable bonds is 5. The van der Waals surface area contributed by atoms with Crippen LogP contribution >= 0.6 is 0 Å². The van der Waals surface area contributed by atoms with Crippen molar-refractivity contribution in [3.8, 4) is 5.88 Å². The molecule has 1 fully saturated rings. The Morgan fingerprint density at radius 1 is 1.45 bits per heavy atom. The Bertz CT molecular complexity index is 451. The number of hydrogen-bond acceptors (Lipinski definition) is 5. The standard InChI is InChI=1S/C15H26N4O/c1-4-20-14-9-13(17-12(3)18-14)19-15(10-16)8-6-5-7-11(15)2/h9,11H,4-8,10,16H2,1-3H3,(H,17,18,19). The molecule has 1 aliphatic carbocycles. The van der Waals surface area contributed by atoms with E-state index in [0.717, 1.165) is 12.2 Å². The third-order valence-electron chi connectivity index (χ3n) is 4.30. The van der Waals surface area contributed by atoms with Crippen LogP contribution in [0.5, 0.6) is 5.88 Å². The van der Waals surface area contributed by atoms with Crippen molar-refractivity contribution in [1.29, 1.82) is 0 Å². The molecule has 1 aliphatic rings. The van der Waals surface area contributed by atoms with Crippen molar-refractivity contribution in [3.63, 3.8) is 0 Å². The minimum Gasteiger partial charge on any atom is -0.478 e. The highest BCUT2D eigenvalue weighted by Gasteiger charge is 2.37. The molecule has 112 valence electrons. The van der Waals surface area contributed by atoms with Gasteiger partial charge in [0.15, 0.2) is 0 Å². The van der Waals surface area contributed by atoms with E-state index < -0.39 is 0 Å². The van der Waals surface area contributed by atoms with E-state index in [4.69, 9.17) is 10.5 Å².